The predicted octanol–water partition coefficient (Wildman–Crippen LogP) is 2.85. The normalized spacial score (nSPS) is 10.0. The van der Waals surface area contributed by atoms with Crippen molar-refractivity contribution < 1.29 is 24.2 Å². The van der Waals surface area contributed by atoms with Crippen LogP contribution in [0.3, 0.4) is 0 Å². The van der Waals surface area contributed by atoms with Crippen LogP contribution in [-0.4, -0.2) is 29.8 Å². The number of methoxy groups -OCH3 is 1. The molecular weight excluding hydrogens is 284 g/mol. The molecule has 112 valence electrons. The van der Waals surface area contributed by atoms with Crippen LogP contribution in [-0.2, 0) is 0 Å². The lowest BCUT2D eigenvalue weighted by molar-refractivity contribution is 0.0695. The second kappa shape index (κ2) is 6.67. The molecule has 0 bridgehead atoms. The third-order valence-corrected chi connectivity index (χ3v) is 3.19. The fourth-order valence-corrected chi connectivity index (χ4v) is 1.93. The second-order valence-corrected chi connectivity index (χ2v) is 4.63. The third kappa shape index (κ3) is 3.58. The molecule has 2 aromatic carbocycles. The number of carbonyl (C=O) groups excluding carboxylic acids is 2. The van der Waals surface area contributed by atoms with Gasteiger partial charge in [-0.05, 0) is 36.4 Å². The van der Waals surface area contributed by atoms with Gasteiger partial charge in [-0.1, -0.05) is 12.1 Å². The number of carbonyl (C=O) groups is 3. The molecule has 0 fully saturated rings. The van der Waals surface area contributed by atoms with Crippen LogP contribution < -0.4 is 4.74 Å². The van der Waals surface area contributed by atoms with Gasteiger partial charge in [0, 0.05) is 11.1 Å². The van der Waals surface area contributed by atoms with Crippen LogP contribution in [0.4, 0.5) is 0 Å². The molecule has 2 rings (SSSR count). The molecule has 2 aromatic rings. The number of Topliss-reactive ketones (excluding diaryl/α,β-unsaturated/α-hetero) is 2. The van der Waals surface area contributed by atoms with Crippen molar-refractivity contribution in [1.29, 1.82) is 0 Å². The number of hydrogen-bond acceptors (Lipinski definition) is 4. The molecule has 0 aromatic heterocycles. The van der Waals surface area contributed by atoms with E-state index >= 15 is 0 Å². The van der Waals surface area contributed by atoms with Gasteiger partial charge in [0.15, 0.2) is 11.6 Å². The monoisotopic (exact) mass is 298 g/mol. The van der Waals surface area contributed by atoms with Crippen molar-refractivity contribution in [3.63, 3.8) is 0 Å². The van der Waals surface area contributed by atoms with Gasteiger partial charge in [0.2, 0.25) is 0 Å². The first-order valence-electron chi connectivity index (χ1n) is 6.55. The van der Waals surface area contributed by atoms with Crippen LogP contribution >= 0.6 is 0 Å². The quantitative estimate of drug-likeness (QED) is 0.655. The van der Waals surface area contributed by atoms with Gasteiger partial charge in [0.25, 0.3) is 0 Å². The van der Waals surface area contributed by atoms with Gasteiger partial charge in [0.1, 0.15) is 5.75 Å². The van der Waals surface area contributed by atoms with Crippen LogP contribution in [0.15, 0.2) is 48.5 Å². The van der Waals surface area contributed by atoms with Crippen molar-refractivity contribution in [2.24, 2.45) is 0 Å². The molecule has 0 amide bonds. The minimum Gasteiger partial charge on any atom is -0.497 e. The van der Waals surface area contributed by atoms with E-state index in [4.69, 9.17) is 9.84 Å². The van der Waals surface area contributed by atoms with E-state index in [-0.39, 0.29) is 23.6 Å². The fourth-order valence-electron chi connectivity index (χ4n) is 1.93. The maximum absolute atomic E-state index is 12.0. The molecule has 0 heterocycles. The smallest absolute Gasteiger partial charge is 0.335 e. The van der Waals surface area contributed by atoms with Gasteiger partial charge in [-0.25, -0.2) is 4.79 Å². The Morgan fingerprint density at radius 1 is 0.818 bits per heavy atom. The van der Waals surface area contributed by atoms with Crippen molar-refractivity contribution in [3.05, 3.63) is 65.2 Å². The number of ketones is 2. The second-order valence-electron chi connectivity index (χ2n) is 4.63. The highest BCUT2D eigenvalue weighted by Crippen LogP contribution is 2.14. The summed E-state index contributed by atoms with van der Waals surface area (Å²) in [6.45, 7) is 0. The van der Waals surface area contributed by atoms with Crippen LogP contribution in [0.25, 0.3) is 0 Å². The van der Waals surface area contributed by atoms with Crippen molar-refractivity contribution in [1.82, 2.24) is 0 Å². The van der Waals surface area contributed by atoms with E-state index in [1.54, 1.807) is 24.3 Å². The summed E-state index contributed by atoms with van der Waals surface area (Å²) >= 11 is 0. The van der Waals surface area contributed by atoms with Gasteiger partial charge >= 0.3 is 5.97 Å². The van der Waals surface area contributed by atoms with Gasteiger partial charge in [0.05, 0.1) is 19.1 Å². The van der Waals surface area contributed by atoms with Crippen molar-refractivity contribution in [3.8, 4) is 5.75 Å². The molecule has 1 N–H and O–H groups in total. The largest absolute Gasteiger partial charge is 0.497 e. The van der Waals surface area contributed by atoms with Crippen molar-refractivity contribution >= 4 is 17.5 Å². The van der Waals surface area contributed by atoms with E-state index in [1.165, 1.54) is 31.4 Å². The number of carboxylic acid groups (broad SMARTS) is 1. The maximum atomic E-state index is 12.0. The van der Waals surface area contributed by atoms with Gasteiger partial charge in [-0.15, -0.1) is 0 Å². The molecule has 22 heavy (non-hydrogen) atoms. The first kappa shape index (κ1) is 15.4. The molecule has 0 aliphatic rings. The molecule has 0 saturated heterocycles. The highest BCUT2D eigenvalue weighted by Gasteiger charge is 2.14. The lowest BCUT2D eigenvalue weighted by Crippen LogP contribution is -2.09. The molecule has 5 heteroatoms. The van der Waals surface area contributed by atoms with E-state index < -0.39 is 5.97 Å². The molecule has 0 spiro atoms. The number of rotatable bonds is 6. The lowest BCUT2D eigenvalue weighted by atomic mass is 10.0. The van der Waals surface area contributed by atoms with Crippen LogP contribution in [0.2, 0.25) is 0 Å². The van der Waals surface area contributed by atoms with Crippen LogP contribution in [0.5, 0.6) is 5.75 Å². The summed E-state index contributed by atoms with van der Waals surface area (Å²) in [4.78, 5) is 34.8. The fraction of sp³-hybridized carbons (Fsp3) is 0.118. The summed E-state index contributed by atoms with van der Waals surface area (Å²) in [5.74, 6) is -1.08. The number of carboxylic acids is 1. The Morgan fingerprint density at radius 3 is 1.64 bits per heavy atom. The molecule has 5 nitrogen and oxygen atoms in total. The summed E-state index contributed by atoms with van der Waals surface area (Å²) in [5, 5.41) is 8.80. The molecule has 0 saturated carbocycles. The number of hydrogen-bond donors (Lipinski definition) is 1. The van der Waals surface area contributed by atoms with E-state index in [1.807, 2.05) is 0 Å². The number of benzene rings is 2. The zero-order chi connectivity index (χ0) is 16.1. The van der Waals surface area contributed by atoms with Crippen molar-refractivity contribution in [2.75, 3.05) is 7.11 Å². The molecule has 0 aliphatic carbocycles. The Kier molecular flexibility index (Phi) is 4.68. The summed E-state index contributed by atoms with van der Waals surface area (Å²) in [7, 11) is 1.53. The van der Waals surface area contributed by atoms with Gasteiger partial charge < -0.3 is 9.84 Å². The average Bonchev–Trinajstić information content (AvgIpc) is 2.54. The molecule has 0 unspecified atom stereocenters. The Morgan fingerprint density at radius 2 is 1.23 bits per heavy atom. The predicted molar refractivity (Wildman–Crippen MR) is 79.7 cm³/mol. The zero-order valence-corrected chi connectivity index (χ0v) is 11.9. The van der Waals surface area contributed by atoms with E-state index in [9.17, 15) is 14.4 Å². The highest BCUT2D eigenvalue weighted by molar-refractivity contribution is 6.13. The van der Waals surface area contributed by atoms with E-state index in [2.05, 4.69) is 0 Å². The van der Waals surface area contributed by atoms with Gasteiger partial charge in [-0.3, -0.25) is 9.59 Å². The SMILES string of the molecule is COc1ccc(C(=O)CC(=O)c2ccc(C(=O)O)cc2)cc1. The Hall–Kier alpha value is -2.95. The average molecular weight is 298 g/mol. The summed E-state index contributed by atoms with van der Waals surface area (Å²) in [6.07, 6.45) is -0.265. The third-order valence-electron chi connectivity index (χ3n) is 3.19. The number of aromatic carboxylic acids is 1. The van der Waals surface area contributed by atoms with Crippen LogP contribution in [0.1, 0.15) is 37.5 Å². The molecular formula is C17H14O5. The topological polar surface area (TPSA) is 80.7 Å². The highest BCUT2D eigenvalue weighted by atomic mass is 16.5. The summed E-state index contributed by atoms with van der Waals surface area (Å²) in [5.41, 5.74) is 0.834. The number of ether oxygens (including phenoxy) is 1. The lowest BCUT2D eigenvalue weighted by Gasteiger charge is -2.03. The Labute approximate surface area is 127 Å². The first-order valence-corrected chi connectivity index (χ1v) is 6.55. The maximum Gasteiger partial charge on any atom is 0.335 e. The van der Waals surface area contributed by atoms with Gasteiger partial charge in [-0.2, -0.15) is 0 Å². The minimum atomic E-state index is -1.06. The first-order chi connectivity index (χ1) is 10.5. The van der Waals surface area contributed by atoms with E-state index in [0.717, 1.165) is 0 Å². The van der Waals surface area contributed by atoms with Crippen LogP contribution in [0, 0.1) is 0 Å². The Bertz CT molecular complexity index is 699. The molecule has 0 radical (unpaired) electrons. The molecule has 0 aliphatic heterocycles. The summed E-state index contributed by atoms with van der Waals surface area (Å²) in [6, 6.07) is 12.0. The molecule has 0 atom stereocenters. The zero-order valence-electron chi connectivity index (χ0n) is 11.9. The van der Waals surface area contributed by atoms with Crippen molar-refractivity contribution in [2.45, 2.75) is 6.42 Å². The van der Waals surface area contributed by atoms with E-state index in [0.29, 0.717) is 16.9 Å². The standard InChI is InChI=1S/C17H14O5/c1-22-14-8-6-12(7-9-14)16(19)10-15(18)11-2-4-13(5-3-11)17(20)21/h2-9H,10H2,1H3,(H,20,21). The minimum absolute atomic E-state index is 0.0954. The Balaban J connectivity index is 2.06. The summed E-state index contributed by atoms with van der Waals surface area (Å²) < 4.78 is 5.00.